The van der Waals surface area contributed by atoms with Crippen molar-refractivity contribution in [1.29, 1.82) is 0 Å². The molecule has 11 rings (SSSR count). The molecular formula is C52H34N2O. The number of nitrogens with zero attached hydrogens (tertiary/aromatic N) is 2. The van der Waals surface area contributed by atoms with Crippen LogP contribution in [0.1, 0.15) is 22.3 Å². The Labute approximate surface area is 319 Å². The van der Waals surface area contributed by atoms with Crippen LogP contribution in [0.25, 0.3) is 55.0 Å². The van der Waals surface area contributed by atoms with E-state index in [1.165, 1.54) is 38.8 Å². The number of aromatic nitrogens is 1. The third-order valence-corrected chi connectivity index (χ3v) is 11.4. The molecule has 8 aromatic carbocycles. The first-order valence-electron chi connectivity index (χ1n) is 18.8. The predicted molar refractivity (Wildman–Crippen MR) is 226 cm³/mol. The topological polar surface area (TPSA) is 29.3 Å². The molecule has 0 atom stereocenters. The highest BCUT2D eigenvalue weighted by atomic mass is 16.3. The van der Waals surface area contributed by atoms with Crippen molar-refractivity contribution < 1.29 is 4.42 Å². The maximum Gasteiger partial charge on any atom is 0.153 e. The Morgan fingerprint density at radius 2 is 1.09 bits per heavy atom. The van der Waals surface area contributed by atoms with Gasteiger partial charge in [0.1, 0.15) is 11.4 Å². The molecule has 0 N–H and O–H groups in total. The number of anilines is 3. The lowest BCUT2D eigenvalue weighted by molar-refractivity contribution is 0.667. The number of pyridine rings is 1. The quantitative estimate of drug-likeness (QED) is 0.173. The van der Waals surface area contributed by atoms with E-state index in [0.29, 0.717) is 0 Å². The Hall–Kier alpha value is -7.23. The van der Waals surface area contributed by atoms with E-state index >= 15 is 0 Å². The van der Waals surface area contributed by atoms with Crippen LogP contribution in [0.3, 0.4) is 0 Å². The first kappa shape index (κ1) is 31.3. The molecule has 3 heteroatoms. The van der Waals surface area contributed by atoms with Crippen molar-refractivity contribution in [3.8, 4) is 22.3 Å². The lowest BCUT2D eigenvalue weighted by Crippen LogP contribution is -2.28. The minimum absolute atomic E-state index is 0.536. The summed E-state index contributed by atoms with van der Waals surface area (Å²) in [6.45, 7) is 0. The van der Waals surface area contributed by atoms with Crippen LogP contribution >= 0.6 is 0 Å². The Morgan fingerprint density at radius 1 is 0.455 bits per heavy atom. The predicted octanol–water partition coefficient (Wildman–Crippen LogP) is 13.6. The highest BCUT2D eigenvalue weighted by Gasteiger charge is 2.46. The fourth-order valence-electron chi connectivity index (χ4n) is 9.06. The molecule has 0 bridgehead atoms. The largest absolute Gasteiger partial charge is 0.454 e. The van der Waals surface area contributed by atoms with Gasteiger partial charge in [-0.3, -0.25) is 4.90 Å². The molecule has 0 saturated carbocycles. The van der Waals surface area contributed by atoms with Crippen LogP contribution in [0.5, 0.6) is 0 Å². The van der Waals surface area contributed by atoms with Crippen molar-refractivity contribution in [3.63, 3.8) is 0 Å². The molecular weight excluding hydrogens is 669 g/mol. The SMILES string of the molecule is c1ccc(-c2ccccc2N(c2ccc3c(c2)C(c2ccccc2)(c2ccccc2)c2ccccc2-3)c2cc3c(cn2)oc2ccc4ccccc4c23)cc1. The molecule has 0 radical (unpaired) electrons. The summed E-state index contributed by atoms with van der Waals surface area (Å²) in [5.74, 6) is 0.812. The van der Waals surface area contributed by atoms with Crippen molar-refractivity contribution in [1.82, 2.24) is 4.98 Å². The highest BCUT2D eigenvalue weighted by molar-refractivity contribution is 6.19. The Morgan fingerprint density at radius 3 is 1.87 bits per heavy atom. The molecule has 2 aromatic heterocycles. The molecule has 10 aromatic rings. The summed E-state index contributed by atoms with van der Waals surface area (Å²) < 4.78 is 6.44. The zero-order valence-electron chi connectivity index (χ0n) is 29.9. The monoisotopic (exact) mass is 702 g/mol. The van der Waals surface area contributed by atoms with E-state index in [1.54, 1.807) is 0 Å². The van der Waals surface area contributed by atoms with Gasteiger partial charge in [0.2, 0.25) is 0 Å². The van der Waals surface area contributed by atoms with Crippen molar-refractivity contribution in [2.45, 2.75) is 5.41 Å². The van der Waals surface area contributed by atoms with Crippen LogP contribution in [-0.2, 0) is 5.41 Å². The normalized spacial score (nSPS) is 12.9. The summed E-state index contributed by atoms with van der Waals surface area (Å²) >= 11 is 0. The minimum Gasteiger partial charge on any atom is -0.454 e. The summed E-state index contributed by atoms with van der Waals surface area (Å²) in [6, 6.07) is 72.1. The van der Waals surface area contributed by atoms with Gasteiger partial charge < -0.3 is 4.42 Å². The molecule has 0 amide bonds. The van der Waals surface area contributed by atoms with Crippen LogP contribution in [0.2, 0.25) is 0 Å². The number of benzene rings is 8. The molecule has 0 spiro atoms. The molecule has 2 heterocycles. The average molecular weight is 703 g/mol. The van der Waals surface area contributed by atoms with Gasteiger partial charge in [-0.25, -0.2) is 4.98 Å². The fourth-order valence-corrected chi connectivity index (χ4v) is 9.06. The van der Waals surface area contributed by atoms with E-state index in [4.69, 9.17) is 9.40 Å². The molecule has 1 aliphatic carbocycles. The molecule has 258 valence electrons. The number of hydrogen-bond acceptors (Lipinski definition) is 3. The molecule has 55 heavy (non-hydrogen) atoms. The number of rotatable bonds is 6. The van der Waals surface area contributed by atoms with Crippen LogP contribution in [0.15, 0.2) is 211 Å². The van der Waals surface area contributed by atoms with E-state index in [0.717, 1.165) is 55.6 Å². The van der Waals surface area contributed by atoms with Crippen molar-refractivity contribution in [3.05, 3.63) is 229 Å². The van der Waals surface area contributed by atoms with Gasteiger partial charge in [-0.05, 0) is 80.0 Å². The van der Waals surface area contributed by atoms with Gasteiger partial charge in [0.15, 0.2) is 5.58 Å². The zero-order chi connectivity index (χ0) is 36.3. The summed E-state index contributed by atoms with van der Waals surface area (Å²) in [6.07, 6.45) is 1.89. The van der Waals surface area contributed by atoms with Gasteiger partial charge in [-0.2, -0.15) is 0 Å². The number of fused-ring (bicyclic) bond motifs is 8. The third-order valence-electron chi connectivity index (χ3n) is 11.4. The number of furan rings is 1. The van der Waals surface area contributed by atoms with Crippen molar-refractivity contribution in [2.24, 2.45) is 0 Å². The Balaban J connectivity index is 1.22. The average Bonchev–Trinajstić information content (AvgIpc) is 3.79. The van der Waals surface area contributed by atoms with Gasteiger partial charge in [0.25, 0.3) is 0 Å². The Kier molecular flexibility index (Phi) is 7.08. The molecule has 0 aliphatic heterocycles. The standard InChI is InChI=1S/C52H34N2O/c1-4-16-35(17-5-1)40-23-13-15-27-47(40)54(50-33-44-49(34-53-50)55-48-31-28-36-18-10-11-24-41(36)51(44)48)39-29-30-43-42-25-12-14-26-45(42)52(46(43)32-39,37-19-6-2-7-20-37)38-21-8-3-9-22-38/h1-34H. The maximum atomic E-state index is 6.44. The molecule has 1 aliphatic rings. The van der Waals surface area contributed by atoms with Gasteiger partial charge >= 0.3 is 0 Å². The minimum atomic E-state index is -0.536. The van der Waals surface area contributed by atoms with E-state index in [9.17, 15) is 0 Å². The number of hydrogen-bond donors (Lipinski definition) is 0. The van der Waals surface area contributed by atoms with E-state index in [1.807, 2.05) is 6.20 Å². The van der Waals surface area contributed by atoms with Crippen LogP contribution in [0.4, 0.5) is 17.2 Å². The molecule has 3 nitrogen and oxygen atoms in total. The van der Waals surface area contributed by atoms with Gasteiger partial charge in [0.05, 0.1) is 17.3 Å². The molecule has 0 saturated heterocycles. The lowest BCUT2D eigenvalue weighted by Gasteiger charge is -2.35. The Bertz CT molecular complexity index is 3000. The van der Waals surface area contributed by atoms with Crippen molar-refractivity contribution >= 4 is 49.9 Å². The van der Waals surface area contributed by atoms with Gasteiger partial charge in [-0.1, -0.05) is 170 Å². The van der Waals surface area contributed by atoms with Crippen LogP contribution < -0.4 is 4.90 Å². The first-order valence-corrected chi connectivity index (χ1v) is 18.8. The summed E-state index contributed by atoms with van der Waals surface area (Å²) in [5, 5.41) is 4.48. The highest BCUT2D eigenvalue weighted by Crippen LogP contribution is 2.57. The first-order chi connectivity index (χ1) is 27.3. The third kappa shape index (κ3) is 4.73. The smallest absolute Gasteiger partial charge is 0.153 e. The second-order valence-electron chi connectivity index (χ2n) is 14.3. The molecule has 0 unspecified atom stereocenters. The van der Waals surface area contributed by atoms with Crippen LogP contribution in [-0.4, -0.2) is 4.98 Å². The second-order valence-corrected chi connectivity index (χ2v) is 14.3. The van der Waals surface area contributed by atoms with Gasteiger partial charge in [0, 0.05) is 22.0 Å². The zero-order valence-corrected chi connectivity index (χ0v) is 29.9. The van der Waals surface area contributed by atoms with Crippen molar-refractivity contribution in [2.75, 3.05) is 4.90 Å². The number of para-hydroxylation sites is 1. The summed E-state index contributed by atoms with van der Waals surface area (Å²) in [5.41, 5.74) is 12.9. The van der Waals surface area contributed by atoms with Crippen LogP contribution in [0, 0.1) is 0 Å². The summed E-state index contributed by atoms with van der Waals surface area (Å²) in [4.78, 5) is 7.52. The van der Waals surface area contributed by atoms with Gasteiger partial charge in [-0.15, -0.1) is 0 Å². The fraction of sp³-hybridized carbons (Fsp3) is 0.0192. The van der Waals surface area contributed by atoms with E-state index < -0.39 is 5.41 Å². The lowest BCUT2D eigenvalue weighted by atomic mass is 9.67. The summed E-state index contributed by atoms with van der Waals surface area (Å²) in [7, 11) is 0. The second kappa shape index (κ2) is 12.4. The maximum absolute atomic E-state index is 6.44. The van der Waals surface area contributed by atoms with E-state index in [-0.39, 0.29) is 0 Å². The van der Waals surface area contributed by atoms with E-state index in [2.05, 4.69) is 205 Å². The molecule has 0 fully saturated rings.